The first-order valence-corrected chi connectivity index (χ1v) is 10.9. The second kappa shape index (κ2) is 9.55. The second-order valence-electron chi connectivity index (χ2n) is 7.73. The minimum Gasteiger partial charge on any atom is -0.271 e. The molecule has 8 nitrogen and oxygen atoms in total. The van der Waals surface area contributed by atoms with Gasteiger partial charge in [0.1, 0.15) is 0 Å². The van der Waals surface area contributed by atoms with Crippen LogP contribution in [0.1, 0.15) is 51.0 Å². The summed E-state index contributed by atoms with van der Waals surface area (Å²) >= 11 is 0. The van der Waals surface area contributed by atoms with Crippen molar-refractivity contribution in [2.45, 2.75) is 46.2 Å². The molecule has 0 aliphatic heterocycles. The Hall–Kier alpha value is -3.81. The normalized spacial score (nSPS) is 12.5. The fraction of sp³-hybridized carbons (Fsp3) is 0.292. The summed E-state index contributed by atoms with van der Waals surface area (Å²) in [6, 6.07) is 16.3. The largest absolute Gasteiger partial charge is 0.346 e. The molecule has 0 fully saturated rings. The number of nitrogens with one attached hydrogen (secondary N) is 1. The van der Waals surface area contributed by atoms with Crippen LogP contribution in [0.15, 0.2) is 59.4 Å². The van der Waals surface area contributed by atoms with Gasteiger partial charge < -0.3 is 0 Å². The van der Waals surface area contributed by atoms with Crippen molar-refractivity contribution in [3.05, 3.63) is 76.5 Å². The molecule has 164 valence electrons. The van der Waals surface area contributed by atoms with Crippen molar-refractivity contribution in [3.63, 3.8) is 0 Å². The summed E-state index contributed by atoms with van der Waals surface area (Å²) in [6.45, 7) is 6.61. The predicted octanol–water partition coefficient (Wildman–Crippen LogP) is 4.33. The van der Waals surface area contributed by atoms with Crippen molar-refractivity contribution in [2.75, 3.05) is 0 Å². The summed E-state index contributed by atoms with van der Waals surface area (Å²) in [4.78, 5) is 13.0. The van der Waals surface area contributed by atoms with Crippen LogP contribution in [0, 0.1) is 0 Å². The zero-order chi connectivity index (χ0) is 22.5. The molecule has 0 amide bonds. The average molecular weight is 430 g/mol. The van der Waals surface area contributed by atoms with Crippen LogP contribution in [0.3, 0.4) is 0 Å². The molecule has 2 heterocycles. The summed E-state index contributed by atoms with van der Waals surface area (Å²) in [5.41, 5.74) is 3.97. The zero-order valence-corrected chi connectivity index (χ0v) is 18.6. The van der Waals surface area contributed by atoms with Crippen LogP contribution in [-0.2, 0) is 6.54 Å². The summed E-state index contributed by atoms with van der Waals surface area (Å²) in [5, 5.41) is 18.8. The number of H-pyrrole nitrogens is 1. The van der Waals surface area contributed by atoms with Crippen LogP contribution in [0.5, 0.6) is 0 Å². The van der Waals surface area contributed by atoms with Gasteiger partial charge in [0.2, 0.25) is 0 Å². The summed E-state index contributed by atoms with van der Waals surface area (Å²) in [6.07, 6.45) is 5.69. The first kappa shape index (κ1) is 21.4. The third kappa shape index (κ3) is 4.30. The highest BCUT2D eigenvalue weighted by Crippen LogP contribution is 2.29. The van der Waals surface area contributed by atoms with Gasteiger partial charge in [0, 0.05) is 5.56 Å². The van der Waals surface area contributed by atoms with Crippen LogP contribution in [0.4, 0.5) is 0 Å². The van der Waals surface area contributed by atoms with E-state index in [4.69, 9.17) is 0 Å². The number of nitrogens with zero attached hydrogens (tertiary/aromatic N) is 6. The van der Waals surface area contributed by atoms with E-state index in [1.54, 1.807) is 9.25 Å². The highest BCUT2D eigenvalue weighted by molar-refractivity contribution is 5.80. The molecule has 0 spiro atoms. The Morgan fingerprint density at radius 1 is 1.06 bits per heavy atom. The van der Waals surface area contributed by atoms with E-state index in [0.717, 1.165) is 35.1 Å². The number of aromatic nitrogens is 7. The van der Waals surface area contributed by atoms with E-state index < -0.39 is 0 Å². The molecule has 0 bridgehead atoms. The molecule has 1 atom stereocenters. The van der Waals surface area contributed by atoms with E-state index in [1.807, 2.05) is 55.5 Å². The summed E-state index contributed by atoms with van der Waals surface area (Å²) < 4.78 is 3.33. The van der Waals surface area contributed by atoms with Gasteiger partial charge in [0.25, 0.3) is 0 Å². The Morgan fingerprint density at radius 3 is 2.47 bits per heavy atom. The maximum atomic E-state index is 13.0. The Kier molecular flexibility index (Phi) is 6.39. The Morgan fingerprint density at radius 2 is 1.81 bits per heavy atom. The number of allylic oxidation sites excluding steroid dienone is 1. The van der Waals surface area contributed by atoms with Crippen molar-refractivity contribution < 1.29 is 0 Å². The van der Waals surface area contributed by atoms with E-state index in [9.17, 15) is 4.79 Å². The molecule has 8 heteroatoms. The summed E-state index contributed by atoms with van der Waals surface area (Å²) in [7, 11) is 0. The molecule has 1 N–H and O–H groups in total. The second-order valence-corrected chi connectivity index (χ2v) is 7.73. The van der Waals surface area contributed by atoms with Crippen LogP contribution >= 0.6 is 0 Å². The van der Waals surface area contributed by atoms with Gasteiger partial charge in [-0.25, -0.2) is 14.6 Å². The maximum Gasteiger partial charge on any atom is 0.346 e. The van der Waals surface area contributed by atoms with Gasteiger partial charge in [0.05, 0.1) is 12.6 Å². The van der Waals surface area contributed by atoms with Crippen molar-refractivity contribution in [1.82, 2.24) is 35.0 Å². The minimum absolute atomic E-state index is 0.0574. The lowest BCUT2D eigenvalue weighted by Gasteiger charge is -2.09. The van der Waals surface area contributed by atoms with Crippen LogP contribution in [-0.4, -0.2) is 35.0 Å². The minimum atomic E-state index is -0.0812. The molecule has 4 aromatic rings. The van der Waals surface area contributed by atoms with Crippen molar-refractivity contribution in [3.8, 4) is 22.5 Å². The van der Waals surface area contributed by atoms with E-state index in [2.05, 4.69) is 51.7 Å². The number of tetrazole rings is 1. The molecule has 32 heavy (non-hydrogen) atoms. The molecule has 0 aliphatic carbocycles. The molecule has 0 saturated carbocycles. The van der Waals surface area contributed by atoms with Gasteiger partial charge in [-0.3, -0.25) is 4.57 Å². The third-order valence-electron chi connectivity index (χ3n) is 5.56. The van der Waals surface area contributed by atoms with Crippen LogP contribution in [0.25, 0.3) is 28.6 Å². The Bertz CT molecular complexity index is 1250. The number of rotatable bonds is 8. The standard InChI is InChI=1S/C24H27N7O/c1-4-6-11-22-27-31(17(3)5-2)24(32)30(22)16-18-12-14-19(15-13-18)20-9-7-8-10-21(20)23-25-28-29-26-23/h6-15,17H,4-5,16H2,1-3H3,(H,25,26,28,29). The highest BCUT2D eigenvalue weighted by atomic mass is 16.2. The van der Waals surface area contributed by atoms with E-state index in [1.165, 1.54) is 0 Å². The lowest BCUT2D eigenvalue weighted by atomic mass is 9.98. The van der Waals surface area contributed by atoms with E-state index in [0.29, 0.717) is 18.2 Å². The van der Waals surface area contributed by atoms with Crippen LogP contribution in [0.2, 0.25) is 0 Å². The smallest absolute Gasteiger partial charge is 0.271 e. The van der Waals surface area contributed by atoms with Gasteiger partial charge in [-0.15, -0.1) is 5.10 Å². The quantitative estimate of drug-likeness (QED) is 0.450. The summed E-state index contributed by atoms with van der Waals surface area (Å²) in [5.74, 6) is 1.31. The molecule has 0 saturated heterocycles. The molecule has 4 rings (SSSR count). The Labute approximate surface area is 186 Å². The van der Waals surface area contributed by atoms with Crippen molar-refractivity contribution in [2.24, 2.45) is 0 Å². The lowest BCUT2D eigenvalue weighted by molar-refractivity contribution is 0.457. The molecule has 2 aromatic carbocycles. The Balaban J connectivity index is 1.65. The molecule has 0 radical (unpaired) electrons. The van der Waals surface area contributed by atoms with Gasteiger partial charge >= 0.3 is 5.69 Å². The SMILES string of the molecule is CCC=Cc1nn(C(C)CC)c(=O)n1Cc1ccc(-c2ccccc2-c2nnn[nH]2)cc1. The highest BCUT2D eigenvalue weighted by Gasteiger charge is 2.16. The molecule has 1 unspecified atom stereocenters. The number of benzene rings is 2. The topological polar surface area (TPSA) is 94.3 Å². The van der Waals surface area contributed by atoms with Crippen molar-refractivity contribution in [1.29, 1.82) is 0 Å². The van der Waals surface area contributed by atoms with Crippen molar-refractivity contribution >= 4 is 6.08 Å². The monoisotopic (exact) mass is 429 g/mol. The fourth-order valence-electron chi connectivity index (χ4n) is 3.57. The van der Waals surface area contributed by atoms with Crippen LogP contribution < -0.4 is 5.69 Å². The first-order valence-electron chi connectivity index (χ1n) is 10.9. The zero-order valence-electron chi connectivity index (χ0n) is 18.6. The predicted molar refractivity (Wildman–Crippen MR) is 125 cm³/mol. The maximum absolute atomic E-state index is 13.0. The lowest BCUT2D eigenvalue weighted by Crippen LogP contribution is -2.27. The van der Waals surface area contributed by atoms with Gasteiger partial charge in [-0.05, 0) is 53.0 Å². The molecular formula is C24H27N7O. The first-order chi connectivity index (χ1) is 15.6. The number of hydrogen-bond donors (Lipinski definition) is 1. The molecule has 0 aliphatic rings. The van der Waals surface area contributed by atoms with E-state index >= 15 is 0 Å². The van der Waals surface area contributed by atoms with Gasteiger partial charge in [-0.1, -0.05) is 68.5 Å². The number of hydrogen-bond acceptors (Lipinski definition) is 5. The molecular weight excluding hydrogens is 402 g/mol. The molecule has 2 aromatic heterocycles. The number of aromatic amines is 1. The average Bonchev–Trinajstić information content (AvgIpc) is 3.47. The fourth-order valence-corrected chi connectivity index (χ4v) is 3.57. The van der Waals surface area contributed by atoms with Gasteiger partial charge in [-0.2, -0.15) is 5.10 Å². The van der Waals surface area contributed by atoms with E-state index in [-0.39, 0.29) is 11.7 Å². The van der Waals surface area contributed by atoms with Gasteiger partial charge in [0.15, 0.2) is 11.6 Å². The third-order valence-corrected chi connectivity index (χ3v) is 5.56.